The fourth-order valence-corrected chi connectivity index (χ4v) is 4.84. The van der Waals surface area contributed by atoms with E-state index in [1.54, 1.807) is 23.1 Å². The van der Waals surface area contributed by atoms with Gasteiger partial charge in [0.2, 0.25) is 15.9 Å². The van der Waals surface area contributed by atoms with Gasteiger partial charge in [0.25, 0.3) is 0 Å². The fourth-order valence-electron chi connectivity index (χ4n) is 3.21. The third-order valence-electron chi connectivity index (χ3n) is 4.72. The number of amides is 1. The maximum atomic E-state index is 12.9. The van der Waals surface area contributed by atoms with Gasteiger partial charge in [0.15, 0.2) is 0 Å². The lowest BCUT2D eigenvalue weighted by Crippen LogP contribution is -2.50. The molecule has 0 spiro atoms. The summed E-state index contributed by atoms with van der Waals surface area (Å²) in [6, 6.07) is 15.0. The number of piperazine rings is 1. The molecule has 1 saturated heterocycles. The van der Waals surface area contributed by atoms with Crippen molar-refractivity contribution < 1.29 is 13.2 Å². The molecule has 1 aliphatic heterocycles. The first-order valence-electron chi connectivity index (χ1n) is 8.97. The molecule has 6 heteroatoms. The van der Waals surface area contributed by atoms with Gasteiger partial charge in [-0.3, -0.25) is 4.79 Å². The molecular weight excluding hydrogens is 360 g/mol. The summed E-state index contributed by atoms with van der Waals surface area (Å²) in [6.45, 7) is 5.15. The molecule has 0 aromatic heterocycles. The van der Waals surface area contributed by atoms with E-state index >= 15 is 0 Å². The number of hydrogen-bond acceptors (Lipinski definition) is 3. The van der Waals surface area contributed by atoms with Crippen molar-refractivity contribution in [1.29, 1.82) is 0 Å². The molecular formula is C21H24N2O3S. The summed E-state index contributed by atoms with van der Waals surface area (Å²) in [6.07, 6.45) is 3.32. The fraction of sp³-hybridized carbons (Fsp3) is 0.286. The second-order valence-corrected chi connectivity index (χ2v) is 8.65. The van der Waals surface area contributed by atoms with Gasteiger partial charge in [0.1, 0.15) is 0 Å². The number of aryl methyl sites for hydroxylation is 2. The highest BCUT2D eigenvalue weighted by molar-refractivity contribution is 7.89. The van der Waals surface area contributed by atoms with E-state index in [4.69, 9.17) is 0 Å². The summed E-state index contributed by atoms with van der Waals surface area (Å²) in [4.78, 5) is 14.4. The Morgan fingerprint density at radius 2 is 1.63 bits per heavy atom. The molecule has 1 fully saturated rings. The van der Waals surface area contributed by atoms with E-state index < -0.39 is 10.0 Å². The van der Waals surface area contributed by atoms with Gasteiger partial charge < -0.3 is 4.90 Å². The van der Waals surface area contributed by atoms with Crippen LogP contribution in [0.2, 0.25) is 0 Å². The van der Waals surface area contributed by atoms with E-state index in [9.17, 15) is 13.2 Å². The van der Waals surface area contributed by atoms with Crippen LogP contribution in [0, 0.1) is 13.8 Å². The Labute approximate surface area is 161 Å². The minimum Gasteiger partial charge on any atom is -0.337 e. The highest BCUT2D eigenvalue weighted by Crippen LogP contribution is 2.22. The van der Waals surface area contributed by atoms with Crippen molar-refractivity contribution in [2.75, 3.05) is 26.2 Å². The predicted molar refractivity (Wildman–Crippen MR) is 107 cm³/mol. The summed E-state index contributed by atoms with van der Waals surface area (Å²) in [7, 11) is -3.54. The Bertz CT molecular complexity index is 945. The monoisotopic (exact) mass is 384 g/mol. The predicted octanol–water partition coefficient (Wildman–Crippen LogP) is 2.85. The van der Waals surface area contributed by atoms with E-state index in [0.717, 1.165) is 16.7 Å². The summed E-state index contributed by atoms with van der Waals surface area (Å²) < 4.78 is 27.3. The van der Waals surface area contributed by atoms with Crippen LogP contribution in [0.4, 0.5) is 0 Å². The smallest absolute Gasteiger partial charge is 0.246 e. The van der Waals surface area contributed by atoms with Gasteiger partial charge >= 0.3 is 0 Å². The lowest BCUT2D eigenvalue weighted by molar-refractivity contribution is -0.127. The zero-order valence-corrected chi connectivity index (χ0v) is 16.4. The first kappa shape index (κ1) is 19.3. The van der Waals surface area contributed by atoms with Gasteiger partial charge in [-0.2, -0.15) is 4.31 Å². The molecule has 1 aliphatic rings. The Kier molecular flexibility index (Phi) is 5.77. The maximum Gasteiger partial charge on any atom is 0.246 e. The zero-order valence-electron chi connectivity index (χ0n) is 15.6. The number of carbonyl (C=O) groups excluding carboxylic acids is 1. The van der Waals surface area contributed by atoms with Gasteiger partial charge in [0.05, 0.1) is 4.90 Å². The minimum absolute atomic E-state index is 0.0950. The van der Waals surface area contributed by atoms with E-state index in [1.807, 2.05) is 56.3 Å². The molecule has 5 nitrogen and oxygen atoms in total. The minimum atomic E-state index is -3.54. The van der Waals surface area contributed by atoms with Crippen LogP contribution >= 0.6 is 0 Å². The van der Waals surface area contributed by atoms with Crippen molar-refractivity contribution in [2.45, 2.75) is 18.7 Å². The second-order valence-electron chi connectivity index (χ2n) is 6.74. The topological polar surface area (TPSA) is 57.7 Å². The van der Waals surface area contributed by atoms with Crippen molar-refractivity contribution in [2.24, 2.45) is 0 Å². The lowest BCUT2D eigenvalue weighted by Gasteiger charge is -2.33. The van der Waals surface area contributed by atoms with Gasteiger partial charge in [-0.15, -0.1) is 0 Å². The standard InChI is InChI=1S/C21H24N2O3S/c1-17-8-10-20(18(2)16-17)27(25,26)23-14-12-22(13-15-23)21(24)11-9-19-6-4-3-5-7-19/h3-11,16H,12-15H2,1-2H3. The van der Waals surface area contributed by atoms with E-state index in [0.29, 0.717) is 31.1 Å². The molecule has 0 saturated carbocycles. The zero-order chi connectivity index (χ0) is 19.4. The van der Waals surface area contributed by atoms with Crippen molar-refractivity contribution in [3.63, 3.8) is 0 Å². The second kappa shape index (κ2) is 8.06. The summed E-state index contributed by atoms with van der Waals surface area (Å²) in [5.74, 6) is -0.0950. The average molecular weight is 385 g/mol. The van der Waals surface area contributed by atoms with E-state index in [2.05, 4.69) is 0 Å². The Morgan fingerprint density at radius 3 is 2.26 bits per heavy atom. The molecule has 1 heterocycles. The van der Waals surface area contributed by atoms with E-state index in [-0.39, 0.29) is 5.91 Å². The quantitative estimate of drug-likeness (QED) is 0.762. The molecule has 2 aromatic rings. The molecule has 27 heavy (non-hydrogen) atoms. The highest BCUT2D eigenvalue weighted by atomic mass is 32.2. The summed E-state index contributed by atoms with van der Waals surface area (Å²) >= 11 is 0. The molecule has 2 aromatic carbocycles. The average Bonchev–Trinajstić information content (AvgIpc) is 2.66. The number of benzene rings is 2. The molecule has 142 valence electrons. The first-order valence-corrected chi connectivity index (χ1v) is 10.4. The van der Waals surface area contributed by atoms with Crippen LogP contribution in [0.15, 0.2) is 59.5 Å². The van der Waals surface area contributed by atoms with Crippen LogP contribution in [0.25, 0.3) is 6.08 Å². The number of hydrogen-bond donors (Lipinski definition) is 0. The first-order chi connectivity index (χ1) is 12.9. The third kappa shape index (κ3) is 4.46. The SMILES string of the molecule is Cc1ccc(S(=O)(=O)N2CCN(C(=O)C=Cc3ccccc3)CC2)c(C)c1. The molecule has 0 bridgehead atoms. The lowest BCUT2D eigenvalue weighted by atomic mass is 10.2. The molecule has 0 radical (unpaired) electrons. The number of carbonyl (C=O) groups is 1. The van der Waals surface area contributed by atoms with Crippen LogP contribution < -0.4 is 0 Å². The van der Waals surface area contributed by atoms with Crippen molar-refractivity contribution in [1.82, 2.24) is 9.21 Å². The number of rotatable bonds is 4. The van der Waals surface area contributed by atoms with Gasteiger partial charge in [0, 0.05) is 32.3 Å². The van der Waals surface area contributed by atoms with Gasteiger partial charge in [-0.05, 0) is 37.1 Å². The highest BCUT2D eigenvalue weighted by Gasteiger charge is 2.30. The molecule has 0 N–H and O–H groups in total. The molecule has 0 unspecified atom stereocenters. The molecule has 1 amide bonds. The molecule has 0 atom stereocenters. The normalized spacial score (nSPS) is 16.0. The van der Waals surface area contributed by atoms with Crippen LogP contribution in [0.3, 0.4) is 0 Å². The van der Waals surface area contributed by atoms with Crippen LogP contribution in [0.5, 0.6) is 0 Å². The maximum absolute atomic E-state index is 12.9. The molecule has 3 rings (SSSR count). The van der Waals surface area contributed by atoms with E-state index in [1.165, 1.54) is 4.31 Å². The van der Waals surface area contributed by atoms with Crippen molar-refractivity contribution >= 4 is 22.0 Å². The third-order valence-corrected chi connectivity index (χ3v) is 6.78. The van der Waals surface area contributed by atoms with Crippen LogP contribution in [-0.2, 0) is 14.8 Å². The van der Waals surface area contributed by atoms with Crippen LogP contribution in [0.1, 0.15) is 16.7 Å². The Balaban J connectivity index is 1.64. The molecule has 0 aliphatic carbocycles. The largest absolute Gasteiger partial charge is 0.337 e. The summed E-state index contributed by atoms with van der Waals surface area (Å²) in [5, 5.41) is 0. The van der Waals surface area contributed by atoms with Gasteiger partial charge in [-0.25, -0.2) is 8.42 Å². The number of nitrogens with zero attached hydrogens (tertiary/aromatic N) is 2. The van der Waals surface area contributed by atoms with Crippen molar-refractivity contribution in [3.8, 4) is 0 Å². The van der Waals surface area contributed by atoms with Gasteiger partial charge in [-0.1, -0.05) is 48.0 Å². The van der Waals surface area contributed by atoms with Crippen LogP contribution in [-0.4, -0.2) is 49.7 Å². The Hall–Kier alpha value is -2.44. The summed E-state index contributed by atoms with van der Waals surface area (Å²) in [5.41, 5.74) is 2.74. The Morgan fingerprint density at radius 1 is 0.963 bits per heavy atom. The van der Waals surface area contributed by atoms with Crippen molar-refractivity contribution in [3.05, 3.63) is 71.3 Å². The number of sulfonamides is 1.